The summed E-state index contributed by atoms with van der Waals surface area (Å²) in [4.78, 5) is 24.8. The van der Waals surface area contributed by atoms with E-state index in [1.54, 1.807) is 30.3 Å². The van der Waals surface area contributed by atoms with Crippen LogP contribution in [0.15, 0.2) is 42.5 Å². The topological polar surface area (TPSA) is 70.4 Å². The van der Waals surface area contributed by atoms with E-state index in [9.17, 15) is 22.8 Å². The van der Waals surface area contributed by atoms with Crippen LogP contribution < -0.4 is 0 Å². The van der Waals surface area contributed by atoms with Crippen molar-refractivity contribution in [1.82, 2.24) is 9.78 Å². The van der Waals surface area contributed by atoms with Gasteiger partial charge >= 0.3 is 11.9 Å². The summed E-state index contributed by atoms with van der Waals surface area (Å²) in [6.45, 7) is 0. The molecule has 3 aromatic rings. The molecule has 1 aromatic heterocycles. The first-order valence-electron chi connectivity index (χ1n) is 7.89. The number of halogens is 3. The summed E-state index contributed by atoms with van der Waals surface area (Å²) in [5.41, 5.74) is -1.64. The van der Waals surface area contributed by atoms with Gasteiger partial charge in [-0.1, -0.05) is 18.2 Å². The molecule has 2 aromatic carbocycles. The Morgan fingerprint density at radius 2 is 1.61 bits per heavy atom. The standard InChI is InChI=1S/C19H13F3N2O4/c1-27-18(25)14-16(12-8-10(20)9-13(21)15(12)22)23-24(17(14)19(26)28-2)11-6-4-3-5-7-11/h3-9H,1-2H3. The SMILES string of the molecule is COC(=O)c1c(-c2cc(F)cc(F)c2F)nn(-c2ccccc2)c1C(=O)OC. The number of ether oxygens (including phenoxy) is 2. The van der Waals surface area contributed by atoms with E-state index in [-0.39, 0.29) is 5.69 Å². The Balaban J connectivity index is 2.43. The highest BCUT2D eigenvalue weighted by atomic mass is 19.2. The third-order valence-corrected chi connectivity index (χ3v) is 3.90. The number of benzene rings is 2. The molecule has 0 aliphatic heterocycles. The zero-order valence-corrected chi connectivity index (χ0v) is 14.7. The number of nitrogens with zero attached hydrogens (tertiary/aromatic N) is 2. The third-order valence-electron chi connectivity index (χ3n) is 3.90. The van der Waals surface area contributed by atoms with E-state index in [0.29, 0.717) is 17.8 Å². The Kier molecular flexibility index (Phi) is 5.16. The minimum absolute atomic E-state index is 0.330. The van der Waals surface area contributed by atoms with Crippen LogP contribution in [0.3, 0.4) is 0 Å². The smallest absolute Gasteiger partial charge is 0.357 e. The van der Waals surface area contributed by atoms with Crippen LogP contribution in [-0.4, -0.2) is 35.9 Å². The Morgan fingerprint density at radius 1 is 0.964 bits per heavy atom. The predicted molar refractivity (Wildman–Crippen MR) is 91.6 cm³/mol. The van der Waals surface area contributed by atoms with Gasteiger partial charge in [0.1, 0.15) is 17.1 Å². The largest absolute Gasteiger partial charge is 0.465 e. The van der Waals surface area contributed by atoms with Gasteiger partial charge in [-0.05, 0) is 18.2 Å². The van der Waals surface area contributed by atoms with Crippen molar-refractivity contribution in [2.45, 2.75) is 0 Å². The minimum atomic E-state index is -1.47. The maximum Gasteiger partial charge on any atom is 0.357 e. The van der Waals surface area contributed by atoms with Crippen molar-refractivity contribution in [2.24, 2.45) is 0 Å². The molecule has 0 saturated heterocycles. The number of carbonyl (C=O) groups is 2. The molecule has 0 aliphatic carbocycles. The number of carbonyl (C=O) groups excluding carboxylic acids is 2. The fourth-order valence-electron chi connectivity index (χ4n) is 2.67. The van der Waals surface area contributed by atoms with Crippen molar-refractivity contribution in [3.05, 3.63) is 71.2 Å². The third kappa shape index (κ3) is 3.22. The number of hydrogen-bond donors (Lipinski definition) is 0. The Morgan fingerprint density at radius 3 is 2.21 bits per heavy atom. The van der Waals surface area contributed by atoms with Crippen LogP contribution in [0.5, 0.6) is 0 Å². The van der Waals surface area contributed by atoms with Gasteiger partial charge in [0.2, 0.25) is 0 Å². The summed E-state index contributed by atoms with van der Waals surface area (Å²) < 4.78 is 52.2. The molecule has 0 saturated carbocycles. The highest BCUT2D eigenvalue weighted by Gasteiger charge is 2.33. The van der Waals surface area contributed by atoms with Crippen molar-refractivity contribution in [3.8, 4) is 16.9 Å². The molecule has 3 rings (SSSR count). The molecule has 28 heavy (non-hydrogen) atoms. The first-order valence-corrected chi connectivity index (χ1v) is 7.89. The summed E-state index contributed by atoms with van der Waals surface area (Å²) in [5.74, 6) is -6.01. The van der Waals surface area contributed by atoms with Crippen LogP contribution in [-0.2, 0) is 9.47 Å². The average molecular weight is 390 g/mol. The molecular formula is C19H13F3N2O4. The molecule has 0 aliphatic rings. The van der Waals surface area contributed by atoms with Gasteiger partial charge < -0.3 is 9.47 Å². The van der Waals surface area contributed by atoms with Gasteiger partial charge in [-0.3, -0.25) is 0 Å². The van der Waals surface area contributed by atoms with Crippen molar-refractivity contribution >= 4 is 11.9 Å². The summed E-state index contributed by atoms with van der Waals surface area (Å²) in [6, 6.07) is 9.12. The predicted octanol–water partition coefficient (Wildman–Crippen LogP) is 3.53. The van der Waals surface area contributed by atoms with E-state index >= 15 is 0 Å². The lowest BCUT2D eigenvalue weighted by atomic mass is 10.0. The molecule has 0 N–H and O–H groups in total. The minimum Gasteiger partial charge on any atom is -0.465 e. The molecule has 0 spiro atoms. The lowest BCUT2D eigenvalue weighted by molar-refractivity contribution is 0.0549. The van der Waals surface area contributed by atoms with Crippen LogP contribution in [0.4, 0.5) is 13.2 Å². The lowest BCUT2D eigenvalue weighted by Gasteiger charge is -2.07. The zero-order chi connectivity index (χ0) is 20.4. The van der Waals surface area contributed by atoms with Crippen LogP contribution in [0, 0.1) is 17.5 Å². The second-order valence-corrected chi connectivity index (χ2v) is 5.55. The van der Waals surface area contributed by atoms with E-state index in [2.05, 4.69) is 9.84 Å². The number of esters is 2. The van der Waals surface area contributed by atoms with Crippen molar-refractivity contribution in [1.29, 1.82) is 0 Å². The second kappa shape index (κ2) is 7.55. The molecule has 0 bridgehead atoms. The van der Waals surface area contributed by atoms with Crippen molar-refractivity contribution in [3.63, 3.8) is 0 Å². The summed E-state index contributed by atoms with van der Waals surface area (Å²) in [7, 11) is 2.11. The van der Waals surface area contributed by atoms with Crippen molar-refractivity contribution < 1.29 is 32.2 Å². The van der Waals surface area contributed by atoms with E-state index in [0.717, 1.165) is 18.9 Å². The Labute approximate surface area is 157 Å². The van der Waals surface area contributed by atoms with Gasteiger partial charge in [-0.2, -0.15) is 5.10 Å². The summed E-state index contributed by atoms with van der Waals surface area (Å²) in [6.07, 6.45) is 0. The fraction of sp³-hybridized carbons (Fsp3) is 0.105. The maximum atomic E-state index is 14.4. The number of hydrogen-bond acceptors (Lipinski definition) is 5. The van der Waals surface area contributed by atoms with E-state index < -0.39 is 46.2 Å². The average Bonchev–Trinajstić information content (AvgIpc) is 3.10. The molecule has 6 nitrogen and oxygen atoms in total. The summed E-state index contributed by atoms with van der Waals surface area (Å²) in [5, 5.41) is 4.07. The first-order chi connectivity index (χ1) is 13.4. The first kappa shape index (κ1) is 19.2. The van der Waals surface area contributed by atoms with Crippen LogP contribution in [0.25, 0.3) is 16.9 Å². The molecule has 1 heterocycles. The fourth-order valence-corrected chi connectivity index (χ4v) is 2.67. The van der Waals surface area contributed by atoms with Gasteiger partial charge in [0.15, 0.2) is 17.3 Å². The van der Waals surface area contributed by atoms with E-state index in [1.165, 1.54) is 0 Å². The quantitative estimate of drug-likeness (QED) is 0.504. The Hall–Kier alpha value is -3.62. The highest BCUT2D eigenvalue weighted by Crippen LogP contribution is 2.32. The van der Waals surface area contributed by atoms with Gasteiger partial charge in [-0.25, -0.2) is 27.4 Å². The van der Waals surface area contributed by atoms with Gasteiger partial charge in [-0.15, -0.1) is 0 Å². The molecule has 144 valence electrons. The van der Waals surface area contributed by atoms with E-state index in [1.807, 2.05) is 0 Å². The molecular weight excluding hydrogens is 377 g/mol. The molecule has 0 fully saturated rings. The molecule has 9 heteroatoms. The Bertz CT molecular complexity index is 1060. The normalized spacial score (nSPS) is 10.6. The molecule has 0 atom stereocenters. The number of rotatable bonds is 4. The van der Waals surface area contributed by atoms with Crippen LogP contribution >= 0.6 is 0 Å². The summed E-state index contributed by atoms with van der Waals surface area (Å²) >= 11 is 0. The van der Waals surface area contributed by atoms with Crippen molar-refractivity contribution in [2.75, 3.05) is 14.2 Å². The van der Waals surface area contributed by atoms with Gasteiger partial charge in [0, 0.05) is 11.6 Å². The van der Waals surface area contributed by atoms with Gasteiger partial charge in [0.05, 0.1) is 19.9 Å². The maximum absolute atomic E-state index is 14.4. The van der Waals surface area contributed by atoms with Gasteiger partial charge in [0.25, 0.3) is 0 Å². The molecule has 0 amide bonds. The monoisotopic (exact) mass is 390 g/mol. The van der Waals surface area contributed by atoms with Crippen LogP contribution in [0.2, 0.25) is 0 Å². The molecule has 0 radical (unpaired) electrons. The highest BCUT2D eigenvalue weighted by molar-refractivity contribution is 6.06. The zero-order valence-electron chi connectivity index (χ0n) is 14.7. The van der Waals surface area contributed by atoms with E-state index in [4.69, 9.17) is 4.74 Å². The number of para-hydroxylation sites is 1. The number of aromatic nitrogens is 2. The number of methoxy groups -OCH3 is 2. The lowest BCUT2D eigenvalue weighted by Crippen LogP contribution is -2.15. The second-order valence-electron chi connectivity index (χ2n) is 5.55. The van der Waals surface area contributed by atoms with Crippen LogP contribution in [0.1, 0.15) is 20.8 Å². The molecule has 0 unspecified atom stereocenters.